The number of nitrogen functional groups attached to an aromatic ring is 1. The third kappa shape index (κ3) is 2.66. The van der Waals surface area contributed by atoms with E-state index in [2.05, 4.69) is 10.1 Å². The van der Waals surface area contributed by atoms with Gasteiger partial charge in [0.25, 0.3) is 0 Å². The molecule has 0 radical (unpaired) electrons. The number of amidine groups is 1. The fourth-order valence-electron chi connectivity index (χ4n) is 2.88. The van der Waals surface area contributed by atoms with Crippen LogP contribution in [-0.2, 0) is 0 Å². The molecule has 0 spiro atoms. The molecule has 0 aliphatic heterocycles. The summed E-state index contributed by atoms with van der Waals surface area (Å²) < 4.78 is 1.77. The molecule has 2 aromatic heterocycles. The van der Waals surface area contributed by atoms with Gasteiger partial charge in [0.1, 0.15) is 11.7 Å². The van der Waals surface area contributed by atoms with Crippen molar-refractivity contribution in [3.05, 3.63) is 72.7 Å². The van der Waals surface area contributed by atoms with E-state index >= 15 is 0 Å². The highest BCUT2D eigenvalue weighted by Gasteiger charge is 2.09. The molecule has 128 valence electrons. The molecule has 7 heteroatoms. The zero-order valence-electron chi connectivity index (χ0n) is 13.7. The number of rotatable bonds is 3. The Morgan fingerprint density at radius 1 is 1.00 bits per heavy atom. The fourth-order valence-corrected chi connectivity index (χ4v) is 2.88. The number of hydroxylamine groups is 1. The van der Waals surface area contributed by atoms with Crippen LogP contribution in [0.1, 0.15) is 5.56 Å². The van der Waals surface area contributed by atoms with Crippen molar-refractivity contribution >= 4 is 22.4 Å². The van der Waals surface area contributed by atoms with Crippen molar-refractivity contribution in [2.75, 3.05) is 5.73 Å². The van der Waals surface area contributed by atoms with Gasteiger partial charge in [-0.2, -0.15) is 5.10 Å². The van der Waals surface area contributed by atoms with Crippen LogP contribution in [-0.4, -0.2) is 25.8 Å². The smallest absolute Gasteiger partial charge is 0.149 e. The largest absolute Gasteiger partial charge is 0.383 e. The predicted molar refractivity (Wildman–Crippen MR) is 100 cm³/mol. The standard InChI is InChI=1S/C19H16N6O/c20-18(24-26)13-7-5-12(6-8-13)14-9-23-25(11-14)17-10-22-19(21)16-4-2-1-3-15(16)17/h1-11,26H,(H2,20,24)(H2,21,22). The molecule has 0 unspecified atom stereocenters. The highest BCUT2D eigenvalue weighted by atomic mass is 16.5. The topological polar surface area (TPSA) is 113 Å². The molecular weight excluding hydrogens is 328 g/mol. The molecule has 0 saturated carbocycles. The molecule has 0 atom stereocenters. The van der Waals surface area contributed by atoms with Gasteiger partial charge in [-0.1, -0.05) is 48.5 Å². The van der Waals surface area contributed by atoms with Crippen molar-refractivity contribution in [3.63, 3.8) is 0 Å². The van der Waals surface area contributed by atoms with Gasteiger partial charge in [0.05, 0.1) is 18.1 Å². The van der Waals surface area contributed by atoms with E-state index in [9.17, 15) is 0 Å². The van der Waals surface area contributed by atoms with Crippen LogP contribution in [0.5, 0.6) is 0 Å². The first kappa shape index (κ1) is 15.8. The molecule has 2 heterocycles. The number of benzene rings is 2. The SMILES string of the molecule is N=C(NO)c1ccc(-c2cnn(-c3cnc(N)c4ccccc34)c2)cc1. The molecule has 2 aromatic carbocycles. The maximum absolute atomic E-state index is 8.81. The molecule has 0 aliphatic carbocycles. The van der Waals surface area contributed by atoms with E-state index in [4.69, 9.17) is 16.4 Å². The Labute approximate surface area is 149 Å². The Bertz CT molecular complexity index is 1100. The zero-order chi connectivity index (χ0) is 18.1. The summed E-state index contributed by atoms with van der Waals surface area (Å²) in [7, 11) is 0. The lowest BCUT2D eigenvalue weighted by atomic mass is 10.1. The van der Waals surface area contributed by atoms with Crippen molar-refractivity contribution < 1.29 is 5.21 Å². The first-order valence-electron chi connectivity index (χ1n) is 7.95. The summed E-state index contributed by atoms with van der Waals surface area (Å²) in [4.78, 5) is 4.27. The van der Waals surface area contributed by atoms with Crippen molar-refractivity contribution in [1.82, 2.24) is 20.2 Å². The van der Waals surface area contributed by atoms with E-state index in [1.165, 1.54) is 0 Å². The number of fused-ring (bicyclic) bond motifs is 1. The lowest BCUT2D eigenvalue weighted by Gasteiger charge is -2.07. The first-order valence-corrected chi connectivity index (χ1v) is 7.95. The average molecular weight is 344 g/mol. The van der Waals surface area contributed by atoms with Gasteiger partial charge in [-0.05, 0) is 5.56 Å². The van der Waals surface area contributed by atoms with Crippen molar-refractivity contribution in [3.8, 4) is 16.8 Å². The Kier molecular flexibility index (Phi) is 3.83. The second-order valence-electron chi connectivity index (χ2n) is 5.81. The third-order valence-electron chi connectivity index (χ3n) is 4.25. The maximum atomic E-state index is 8.81. The van der Waals surface area contributed by atoms with Crippen LogP contribution in [0.15, 0.2) is 67.1 Å². The zero-order valence-corrected chi connectivity index (χ0v) is 13.7. The molecule has 4 rings (SSSR count). The fraction of sp³-hybridized carbons (Fsp3) is 0. The van der Waals surface area contributed by atoms with Gasteiger partial charge in [-0.15, -0.1) is 0 Å². The minimum atomic E-state index is -0.0494. The molecule has 26 heavy (non-hydrogen) atoms. The minimum absolute atomic E-state index is 0.0494. The molecule has 0 saturated heterocycles. The van der Waals surface area contributed by atoms with Gasteiger partial charge in [-0.3, -0.25) is 16.1 Å². The van der Waals surface area contributed by atoms with E-state index in [1.54, 1.807) is 29.2 Å². The molecule has 0 aliphatic rings. The highest BCUT2D eigenvalue weighted by molar-refractivity contribution is 5.97. The lowest BCUT2D eigenvalue weighted by Crippen LogP contribution is -2.18. The number of nitrogens with one attached hydrogen (secondary N) is 2. The maximum Gasteiger partial charge on any atom is 0.149 e. The van der Waals surface area contributed by atoms with Crippen LogP contribution in [0, 0.1) is 5.41 Å². The van der Waals surface area contributed by atoms with Gasteiger partial charge < -0.3 is 5.73 Å². The average Bonchev–Trinajstić information content (AvgIpc) is 3.18. The van der Waals surface area contributed by atoms with Crippen LogP contribution >= 0.6 is 0 Å². The van der Waals surface area contributed by atoms with E-state index in [0.717, 1.165) is 27.6 Å². The Balaban J connectivity index is 1.73. The third-order valence-corrected chi connectivity index (χ3v) is 4.25. The van der Waals surface area contributed by atoms with Crippen molar-refractivity contribution in [1.29, 1.82) is 5.41 Å². The summed E-state index contributed by atoms with van der Waals surface area (Å²) in [6.07, 6.45) is 5.41. The van der Waals surface area contributed by atoms with E-state index in [1.807, 2.05) is 48.1 Å². The van der Waals surface area contributed by atoms with Crippen molar-refractivity contribution in [2.45, 2.75) is 0 Å². The first-order chi connectivity index (χ1) is 12.7. The second kappa shape index (κ2) is 6.30. The summed E-state index contributed by atoms with van der Waals surface area (Å²) in [6, 6.07) is 15.1. The van der Waals surface area contributed by atoms with Gasteiger partial charge in [0.15, 0.2) is 0 Å². The van der Waals surface area contributed by atoms with Crippen LogP contribution in [0.25, 0.3) is 27.6 Å². The number of nitrogens with two attached hydrogens (primary N) is 1. The Morgan fingerprint density at radius 2 is 1.73 bits per heavy atom. The van der Waals surface area contributed by atoms with Crippen molar-refractivity contribution in [2.24, 2.45) is 0 Å². The molecule has 7 nitrogen and oxygen atoms in total. The number of nitrogens with zero attached hydrogens (tertiary/aromatic N) is 3. The van der Waals surface area contributed by atoms with E-state index in [0.29, 0.717) is 11.4 Å². The summed E-state index contributed by atoms with van der Waals surface area (Å²) >= 11 is 0. The molecule has 0 fully saturated rings. The predicted octanol–water partition coefficient (Wildman–Crippen LogP) is 2.97. The highest BCUT2D eigenvalue weighted by Crippen LogP contribution is 2.27. The molecule has 0 amide bonds. The Hall–Kier alpha value is -3.71. The van der Waals surface area contributed by atoms with Crippen LogP contribution in [0.2, 0.25) is 0 Å². The Morgan fingerprint density at radius 3 is 2.46 bits per heavy atom. The lowest BCUT2D eigenvalue weighted by molar-refractivity contribution is 0.234. The number of aromatic nitrogens is 3. The number of hydrogen-bond donors (Lipinski definition) is 4. The molecule has 4 aromatic rings. The van der Waals surface area contributed by atoms with E-state index < -0.39 is 0 Å². The van der Waals surface area contributed by atoms with Crippen LogP contribution in [0.3, 0.4) is 0 Å². The number of anilines is 1. The summed E-state index contributed by atoms with van der Waals surface area (Å²) in [6.45, 7) is 0. The minimum Gasteiger partial charge on any atom is -0.383 e. The summed E-state index contributed by atoms with van der Waals surface area (Å²) in [5.41, 5.74) is 11.1. The number of hydrogen-bond acceptors (Lipinski definition) is 5. The second-order valence-corrected chi connectivity index (χ2v) is 5.81. The quantitative estimate of drug-likeness (QED) is 0.259. The van der Waals surface area contributed by atoms with Crippen LogP contribution < -0.4 is 11.2 Å². The van der Waals surface area contributed by atoms with E-state index in [-0.39, 0.29) is 5.84 Å². The van der Waals surface area contributed by atoms with Gasteiger partial charge in [0, 0.05) is 28.1 Å². The summed E-state index contributed by atoms with van der Waals surface area (Å²) in [5, 5.41) is 22.7. The molecular formula is C19H16N6O. The number of pyridine rings is 1. The molecule has 5 N–H and O–H groups in total. The van der Waals surface area contributed by atoms with Gasteiger partial charge in [-0.25, -0.2) is 9.67 Å². The van der Waals surface area contributed by atoms with Crippen LogP contribution in [0.4, 0.5) is 5.82 Å². The summed E-state index contributed by atoms with van der Waals surface area (Å²) in [5.74, 6) is 0.443. The molecule has 0 bridgehead atoms. The van der Waals surface area contributed by atoms with Gasteiger partial charge >= 0.3 is 0 Å². The monoisotopic (exact) mass is 344 g/mol. The van der Waals surface area contributed by atoms with Gasteiger partial charge in [0.2, 0.25) is 0 Å². The normalized spacial score (nSPS) is 10.8.